The number of likely N-dealkylation sites (N-methyl/N-ethyl adjacent to an activating group) is 1. The van der Waals surface area contributed by atoms with E-state index >= 15 is 0 Å². The molecule has 0 fully saturated rings. The fraction of sp³-hybridized carbons (Fsp3) is 0.235. The molecule has 0 radical (unpaired) electrons. The largest absolute Gasteiger partial charge is 0.510 e. The molecule has 2 aromatic heterocycles. The van der Waals surface area contributed by atoms with Crippen molar-refractivity contribution in [3.8, 4) is 11.6 Å². The quantitative estimate of drug-likeness (QED) is 0.192. The van der Waals surface area contributed by atoms with Crippen LogP contribution in [0.4, 0.5) is 0 Å². The van der Waals surface area contributed by atoms with Crippen LogP contribution in [0, 0.1) is 18.8 Å². The molecule has 1 unspecified atom stereocenters. The molecule has 216 valence electrons. The fourth-order valence-corrected chi connectivity index (χ4v) is 5.59. The first-order valence-corrected chi connectivity index (χ1v) is 13.8. The molecule has 7 rings (SSSR count). The number of pyridine rings is 1. The summed E-state index contributed by atoms with van der Waals surface area (Å²) in [4.78, 5) is 13.7. The van der Waals surface area contributed by atoms with Crippen molar-refractivity contribution in [1.82, 2.24) is 19.4 Å². The number of rotatable bonds is 4. The summed E-state index contributed by atoms with van der Waals surface area (Å²) in [5.74, 6) is 3.07. The van der Waals surface area contributed by atoms with Gasteiger partial charge in [0.2, 0.25) is 0 Å². The predicted molar refractivity (Wildman–Crippen MR) is 163 cm³/mol. The first kappa shape index (κ1) is 28.2. The third kappa shape index (κ3) is 4.70. The molecule has 0 N–H and O–H groups in total. The van der Waals surface area contributed by atoms with Gasteiger partial charge in [-0.15, -0.1) is 28.6 Å². The molecule has 0 saturated heterocycles. The monoisotopic (exact) mass is 735 g/mol. The molecule has 0 saturated carbocycles. The zero-order chi connectivity index (χ0) is 28.5. The first-order valence-electron chi connectivity index (χ1n) is 13.8. The number of aliphatic imine (C=N–C) groups is 1. The Kier molecular flexibility index (Phi) is 6.97. The van der Waals surface area contributed by atoms with Crippen molar-refractivity contribution in [3.05, 3.63) is 109 Å². The molecule has 3 aliphatic rings. The minimum absolute atomic E-state index is 0. The van der Waals surface area contributed by atoms with Gasteiger partial charge in [0.15, 0.2) is 0 Å². The van der Waals surface area contributed by atoms with Gasteiger partial charge in [-0.1, -0.05) is 50.6 Å². The van der Waals surface area contributed by atoms with Crippen molar-refractivity contribution < 1.29 is 30.4 Å². The van der Waals surface area contributed by atoms with E-state index in [1.165, 1.54) is 5.56 Å². The summed E-state index contributed by atoms with van der Waals surface area (Å²) in [6.45, 7) is 10.7. The second-order valence-corrected chi connectivity index (χ2v) is 11.8. The Labute approximate surface area is 261 Å². The summed E-state index contributed by atoms with van der Waals surface area (Å²) in [7, 11) is 4.05. The van der Waals surface area contributed by atoms with Gasteiger partial charge in [0, 0.05) is 51.2 Å². The molecule has 4 heterocycles. The maximum Gasteiger partial charge on any atom is 0.276 e. The number of aromatic nitrogens is 2. The number of ether oxygens (including phenoxy) is 1. The molecule has 1 atom stereocenters. The smallest absolute Gasteiger partial charge is 0.276 e. The molecule has 0 amide bonds. The fourth-order valence-electron chi connectivity index (χ4n) is 5.59. The SMILES string of the molecule is CC1=[N+](C)C2C=C(Oc3[c-]c4c(cc3)c3ccccc3n4-c3cc(C(C)(C)C)ccn3)[C-]=C(N3C=CN(C)[CH-]3)C2=N1.[Pt]. The molecule has 2 aromatic carbocycles. The van der Waals surface area contributed by atoms with Crippen LogP contribution in [0.3, 0.4) is 0 Å². The number of fused-ring (bicyclic) bond motifs is 4. The van der Waals surface area contributed by atoms with E-state index in [0.29, 0.717) is 11.5 Å². The second kappa shape index (κ2) is 10.4. The zero-order valence-electron chi connectivity index (χ0n) is 24.5. The second-order valence-electron chi connectivity index (χ2n) is 11.8. The van der Waals surface area contributed by atoms with Gasteiger partial charge in [-0.3, -0.25) is 4.58 Å². The number of hydrogen-bond donors (Lipinski definition) is 0. The maximum atomic E-state index is 6.51. The van der Waals surface area contributed by atoms with E-state index in [4.69, 9.17) is 14.7 Å². The Morgan fingerprint density at radius 3 is 2.62 bits per heavy atom. The van der Waals surface area contributed by atoms with Gasteiger partial charge >= 0.3 is 0 Å². The van der Waals surface area contributed by atoms with Crippen LogP contribution in [0.2, 0.25) is 0 Å². The number of allylic oxidation sites excluding steroid dienone is 1. The van der Waals surface area contributed by atoms with E-state index < -0.39 is 0 Å². The molecule has 0 bridgehead atoms. The minimum atomic E-state index is -0.0338. The molecule has 2 aliphatic heterocycles. The molecule has 7 nitrogen and oxygen atoms in total. The van der Waals surface area contributed by atoms with Crippen LogP contribution in [0.5, 0.6) is 5.75 Å². The van der Waals surface area contributed by atoms with E-state index in [-0.39, 0.29) is 32.5 Å². The van der Waals surface area contributed by atoms with Crippen molar-refractivity contribution in [1.29, 1.82) is 0 Å². The maximum absolute atomic E-state index is 6.51. The topological polar surface area (TPSA) is 48.9 Å². The Balaban J connectivity index is 0.00000316. The normalized spacial score (nSPS) is 18.3. The molecule has 1 aliphatic carbocycles. The molecule has 4 aromatic rings. The van der Waals surface area contributed by atoms with Gasteiger partial charge in [-0.2, -0.15) is 12.7 Å². The van der Waals surface area contributed by atoms with Crippen LogP contribution in [0.15, 0.2) is 89.7 Å². The van der Waals surface area contributed by atoms with Crippen molar-refractivity contribution >= 4 is 33.4 Å². The number of para-hydroxylation sites is 1. The minimum Gasteiger partial charge on any atom is -0.510 e. The summed E-state index contributed by atoms with van der Waals surface area (Å²) >= 11 is 0. The average Bonchev–Trinajstić information content (AvgIpc) is 3.61. The molecule has 42 heavy (non-hydrogen) atoms. The summed E-state index contributed by atoms with van der Waals surface area (Å²) in [6.07, 6.45) is 11.5. The zero-order valence-corrected chi connectivity index (χ0v) is 26.8. The van der Waals surface area contributed by atoms with Gasteiger partial charge in [0.1, 0.15) is 11.5 Å². The Bertz CT molecular complexity index is 1890. The Morgan fingerprint density at radius 2 is 1.86 bits per heavy atom. The Morgan fingerprint density at radius 1 is 1.05 bits per heavy atom. The molecule has 0 spiro atoms. The third-order valence-corrected chi connectivity index (χ3v) is 7.93. The third-order valence-electron chi connectivity index (χ3n) is 7.93. The molecule has 8 heteroatoms. The van der Waals surface area contributed by atoms with Crippen LogP contribution < -0.4 is 4.74 Å². The summed E-state index contributed by atoms with van der Waals surface area (Å²) in [5, 5.41) is 2.25. The van der Waals surface area contributed by atoms with Gasteiger partial charge in [-0.05, 0) is 59.7 Å². The molecular weight excluding hydrogens is 703 g/mol. The summed E-state index contributed by atoms with van der Waals surface area (Å²) in [5.41, 5.74) is 5.06. The van der Waals surface area contributed by atoms with Crippen LogP contribution in [0.25, 0.3) is 27.6 Å². The van der Waals surface area contributed by atoms with Crippen LogP contribution in [0.1, 0.15) is 33.3 Å². The van der Waals surface area contributed by atoms with E-state index in [9.17, 15) is 0 Å². The van der Waals surface area contributed by atoms with Crippen molar-refractivity contribution in [2.75, 3.05) is 14.1 Å². The van der Waals surface area contributed by atoms with E-state index in [0.717, 1.165) is 44.9 Å². The van der Waals surface area contributed by atoms with Crippen LogP contribution in [-0.4, -0.2) is 55.6 Å². The standard InChI is InChI=1S/C34H32N6O.Pt/c1-22-36-33-30(38(22)6)19-25(20-31(33)39-16-15-37(5)21-39)41-24-11-12-27-26-9-7-8-10-28(26)40(29(27)18-24)32-17-23(13-14-35-32)34(2,3)4;/h7-17,19,21,30H,1-6H3;/q-2;. The first-order chi connectivity index (χ1) is 19.7. The molecular formula is C34H32N6OPt-2. The van der Waals surface area contributed by atoms with E-state index in [1.807, 2.05) is 55.1 Å². The van der Waals surface area contributed by atoms with Crippen LogP contribution >= 0.6 is 0 Å². The number of nitrogens with zero attached hydrogens (tertiary/aromatic N) is 6. The number of hydrogen-bond acceptors (Lipinski definition) is 5. The van der Waals surface area contributed by atoms with Gasteiger partial charge in [0.05, 0.1) is 13.1 Å². The van der Waals surface area contributed by atoms with Gasteiger partial charge in [0.25, 0.3) is 5.84 Å². The predicted octanol–water partition coefficient (Wildman–Crippen LogP) is 5.96. The average molecular weight is 736 g/mol. The number of benzene rings is 2. The van der Waals surface area contributed by atoms with Gasteiger partial charge < -0.3 is 19.1 Å². The summed E-state index contributed by atoms with van der Waals surface area (Å²) < 4.78 is 10.8. The Hall–Kier alpha value is -3.96. The van der Waals surface area contributed by atoms with Crippen LogP contribution in [-0.2, 0) is 26.5 Å². The van der Waals surface area contributed by atoms with Gasteiger partial charge in [-0.25, -0.2) is 4.98 Å². The summed E-state index contributed by atoms with van der Waals surface area (Å²) in [6, 6.07) is 20.3. The van der Waals surface area contributed by atoms with Crippen molar-refractivity contribution in [3.63, 3.8) is 0 Å². The van der Waals surface area contributed by atoms with E-state index in [2.05, 4.69) is 97.6 Å². The van der Waals surface area contributed by atoms with Crippen molar-refractivity contribution in [2.24, 2.45) is 4.99 Å². The van der Waals surface area contributed by atoms with Crippen molar-refractivity contribution in [2.45, 2.75) is 39.2 Å². The van der Waals surface area contributed by atoms with E-state index in [1.54, 1.807) is 0 Å². The number of amidine groups is 1.